The van der Waals surface area contributed by atoms with Crippen LogP contribution in [0.5, 0.6) is 0 Å². The molecule has 2 nitrogen and oxygen atoms in total. The summed E-state index contributed by atoms with van der Waals surface area (Å²) in [6, 6.07) is 10.0. The molecule has 108 valence electrons. The van der Waals surface area contributed by atoms with Gasteiger partial charge in [0.15, 0.2) is 0 Å². The lowest BCUT2D eigenvalue weighted by Gasteiger charge is -2.28. The van der Waals surface area contributed by atoms with Gasteiger partial charge in [0.1, 0.15) is 0 Å². The molecule has 0 aliphatic heterocycles. The molecule has 2 heteroatoms. The van der Waals surface area contributed by atoms with E-state index in [-0.39, 0.29) is 0 Å². The third kappa shape index (κ3) is 5.65. The number of nitrogens with zero attached hydrogens (tertiary/aromatic N) is 1. The highest BCUT2D eigenvalue weighted by Crippen LogP contribution is 2.19. The van der Waals surface area contributed by atoms with Crippen molar-refractivity contribution >= 4 is 5.69 Å². The van der Waals surface area contributed by atoms with E-state index in [1.165, 1.54) is 17.7 Å². The molecule has 0 aromatic heterocycles. The molecule has 0 bridgehead atoms. The molecule has 0 fully saturated rings. The normalized spacial score (nSPS) is 13.1. The van der Waals surface area contributed by atoms with Crippen LogP contribution in [0.1, 0.15) is 46.6 Å². The molecule has 0 heterocycles. The van der Waals surface area contributed by atoms with Crippen molar-refractivity contribution < 1.29 is 0 Å². The third-order valence-electron chi connectivity index (χ3n) is 3.53. The first-order valence-corrected chi connectivity index (χ1v) is 7.45. The fourth-order valence-corrected chi connectivity index (χ4v) is 2.27. The molecule has 0 spiro atoms. The van der Waals surface area contributed by atoms with E-state index in [1.807, 2.05) is 0 Å². The molecule has 19 heavy (non-hydrogen) atoms. The minimum absolute atomic E-state index is 0.536. The second-order valence-electron chi connectivity index (χ2n) is 6.29. The van der Waals surface area contributed by atoms with Gasteiger partial charge in [-0.15, -0.1) is 0 Å². The molecule has 0 saturated heterocycles. The van der Waals surface area contributed by atoms with Crippen LogP contribution < -0.4 is 10.2 Å². The van der Waals surface area contributed by atoms with Crippen molar-refractivity contribution in [2.24, 2.45) is 5.92 Å². The summed E-state index contributed by atoms with van der Waals surface area (Å²) >= 11 is 0. The lowest BCUT2D eigenvalue weighted by atomic mass is 10.0. The lowest BCUT2D eigenvalue weighted by Crippen LogP contribution is -2.30. The Morgan fingerprint density at radius 1 is 1.00 bits per heavy atom. The van der Waals surface area contributed by atoms with Crippen molar-refractivity contribution in [2.45, 2.75) is 59.7 Å². The zero-order valence-electron chi connectivity index (χ0n) is 13.4. The Kier molecular flexibility index (Phi) is 6.36. The fourth-order valence-electron chi connectivity index (χ4n) is 2.27. The second-order valence-corrected chi connectivity index (χ2v) is 6.29. The number of anilines is 1. The maximum atomic E-state index is 3.45. The van der Waals surface area contributed by atoms with Crippen LogP contribution in [0.25, 0.3) is 0 Å². The summed E-state index contributed by atoms with van der Waals surface area (Å²) in [5, 5.41) is 3.45. The Balaban J connectivity index is 2.59. The molecule has 1 atom stereocenters. The molecule has 1 N–H and O–H groups in total. The molecular formula is C17H30N2. The highest BCUT2D eigenvalue weighted by Gasteiger charge is 2.11. The van der Waals surface area contributed by atoms with Crippen LogP contribution in [-0.4, -0.2) is 19.1 Å². The number of hydrogen-bond acceptors (Lipinski definition) is 2. The van der Waals surface area contributed by atoms with Crippen LogP contribution in [0.15, 0.2) is 24.3 Å². The van der Waals surface area contributed by atoms with Crippen LogP contribution >= 0.6 is 0 Å². The van der Waals surface area contributed by atoms with E-state index in [2.05, 4.69) is 76.1 Å². The van der Waals surface area contributed by atoms with E-state index in [4.69, 9.17) is 0 Å². The van der Waals surface area contributed by atoms with Gasteiger partial charge in [-0.05, 0) is 37.0 Å². The van der Waals surface area contributed by atoms with Gasteiger partial charge in [0, 0.05) is 31.4 Å². The van der Waals surface area contributed by atoms with Crippen molar-refractivity contribution in [3.8, 4) is 0 Å². The van der Waals surface area contributed by atoms with E-state index in [0.717, 1.165) is 12.5 Å². The Bertz CT molecular complexity index is 354. The first-order chi connectivity index (χ1) is 8.90. The Labute approximate surface area is 119 Å². The van der Waals surface area contributed by atoms with E-state index < -0.39 is 0 Å². The Morgan fingerprint density at radius 3 is 2.05 bits per heavy atom. The van der Waals surface area contributed by atoms with E-state index in [9.17, 15) is 0 Å². The first-order valence-electron chi connectivity index (χ1n) is 7.45. The molecule has 1 aromatic rings. The largest absolute Gasteiger partial charge is 0.372 e. The van der Waals surface area contributed by atoms with Crippen LogP contribution in [0.3, 0.4) is 0 Å². The van der Waals surface area contributed by atoms with Gasteiger partial charge in [0.25, 0.3) is 0 Å². The quantitative estimate of drug-likeness (QED) is 0.797. The summed E-state index contributed by atoms with van der Waals surface area (Å²) in [7, 11) is 2.19. The second kappa shape index (κ2) is 7.54. The molecule has 0 amide bonds. The smallest absolute Gasteiger partial charge is 0.0366 e. The summed E-state index contributed by atoms with van der Waals surface area (Å²) in [6.07, 6.45) is 1.23. The number of benzene rings is 1. The molecule has 1 rings (SSSR count). The maximum Gasteiger partial charge on any atom is 0.0366 e. The first kappa shape index (κ1) is 16.0. The number of hydrogen-bond donors (Lipinski definition) is 1. The number of rotatable bonds is 7. The van der Waals surface area contributed by atoms with E-state index in [0.29, 0.717) is 12.1 Å². The standard InChI is InChI=1S/C17H30N2/c1-13(2)11-15(5)19(6)17-9-7-16(8-10-17)12-18-14(3)4/h7-10,13-15,18H,11-12H2,1-6H3. The molecule has 0 radical (unpaired) electrons. The summed E-state index contributed by atoms with van der Waals surface area (Å²) < 4.78 is 0. The van der Waals surface area contributed by atoms with Crippen molar-refractivity contribution in [3.63, 3.8) is 0 Å². The Morgan fingerprint density at radius 2 is 1.58 bits per heavy atom. The minimum Gasteiger partial charge on any atom is -0.372 e. The van der Waals surface area contributed by atoms with Crippen molar-refractivity contribution in [3.05, 3.63) is 29.8 Å². The molecule has 1 unspecified atom stereocenters. The van der Waals surface area contributed by atoms with Crippen LogP contribution in [0.2, 0.25) is 0 Å². The summed E-state index contributed by atoms with van der Waals surface area (Å²) in [5.41, 5.74) is 2.66. The highest BCUT2D eigenvalue weighted by molar-refractivity contribution is 5.47. The highest BCUT2D eigenvalue weighted by atomic mass is 15.1. The van der Waals surface area contributed by atoms with Crippen molar-refractivity contribution in [1.29, 1.82) is 0 Å². The molecular weight excluding hydrogens is 232 g/mol. The van der Waals surface area contributed by atoms with Gasteiger partial charge in [-0.1, -0.05) is 39.8 Å². The predicted molar refractivity (Wildman–Crippen MR) is 85.7 cm³/mol. The van der Waals surface area contributed by atoms with Gasteiger partial charge in [0.05, 0.1) is 0 Å². The van der Waals surface area contributed by atoms with Gasteiger partial charge < -0.3 is 10.2 Å². The van der Waals surface area contributed by atoms with Gasteiger partial charge in [-0.3, -0.25) is 0 Å². The number of nitrogens with one attached hydrogen (secondary N) is 1. The molecule has 0 aliphatic rings. The van der Waals surface area contributed by atoms with E-state index in [1.54, 1.807) is 0 Å². The third-order valence-corrected chi connectivity index (χ3v) is 3.53. The molecule has 0 saturated carbocycles. The van der Waals surface area contributed by atoms with Gasteiger partial charge in [-0.25, -0.2) is 0 Å². The summed E-state index contributed by atoms with van der Waals surface area (Å²) in [4.78, 5) is 2.37. The van der Waals surface area contributed by atoms with Gasteiger partial charge in [0.2, 0.25) is 0 Å². The zero-order valence-corrected chi connectivity index (χ0v) is 13.4. The average molecular weight is 262 g/mol. The van der Waals surface area contributed by atoms with E-state index >= 15 is 0 Å². The maximum absolute atomic E-state index is 3.45. The average Bonchev–Trinajstić information content (AvgIpc) is 2.35. The SMILES string of the molecule is CC(C)CC(C)N(C)c1ccc(CNC(C)C)cc1. The molecule has 1 aromatic carbocycles. The predicted octanol–water partition coefficient (Wildman–Crippen LogP) is 4.06. The van der Waals surface area contributed by atoms with Crippen LogP contribution in [0.4, 0.5) is 5.69 Å². The van der Waals surface area contributed by atoms with Crippen LogP contribution in [-0.2, 0) is 6.54 Å². The Hall–Kier alpha value is -1.02. The summed E-state index contributed by atoms with van der Waals surface area (Å²) in [6.45, 7) is 12.2. The van der Waals surface area contributed by atoms with Crippen molar-refractivity contribution in [1.82, 2.24) is 5.32 Å². The van der Waals surface area contributed by atoms with Crippen LogP contribution in [0, 0.1) is 5.92 Å². The lowest BCUT2D eigenvalue weighted by molar-refractivity contribution is 0.504. The zero-order chi connectivity index (χ0) is 14.4. The molecule has 0 aliphatic carbocycles. The topological polar surface area (TPSA) is 15.3 Å². The van der Waals surface area contributed by atoms with Gasteiger partial charge in [-0.2, -0.15) is 0 Å². The van der Waals surface area contributed by atoms with Crippen molar-refractivity contribution in [2.75, 3.05) is 11.9 Å². The summed E-state index contributed by atoms with van der Waals surface area (Å²) in [5.74, 6) is 0.743. The monoisotopic (exact) mass is 262 g/mol. The minimum atomic E-state index is 0.536. The van der Waals surface area contributed by atoms with Gasteiger partial charge >= 0.3 is 0 Å². The fraction of sp³-hybridized carbons (Fsp3) is 0.647.